The first kappa shape index (κ1) is 14.0. The monoisotopic (exact) mass is 326 g/mol. The number of carbonyl (C=O) groups excluding carboxylic acids is 2. The van der Waals surface area contributed by atoms with Gasteiger partial charge in [0.05, 0.1) is 6.04 Å². The molecule has 0 aliphatic carbocycles. The van der Waals surface area contributed by atoms with Crippen LogP contribution in [0.25, 0.3) is 0 Å². The maximum absolute atomic E-state index is 11.9. The minimum atomic E-state index is -0.374. The molecule has 1 saturated heterocycles. The number of halogens is 1. The van der Waals surface area contributed by atoms with Crippen LogP contribution in [-0.2, 0) is 16.1 Å². The van der Waals surface area contributed by atoms with Gasteiger partial charge in [-0.1, -0.05) is 15.9 Å². The molecule has 0 spiro atoms. The number of hydrogen-bond donors (Lipinski definition) is 2. The summed E-state index contributed by atoms with van der Waals surface area (Å²) < 4.78 is 0.865. The van der Waals surface area contributed by atoms with Gasteiger partial charge in [-0.05, 0) is 24.6 Å². The number of likely N-dealkylation sites (tertiary alicyclic amines) is 1. The first-order chi connectivity index (χ1) is 8.99. The number of hydrogen-bond acceptors (Lipinski definition) is 4. The van der Waals surface area contributed by atoms with E-state index >= 15 is 0 Å². The number of benzene rings is 1. The number of phenolic OH excluding ortho intramolecular Hbond substituents is 1. The first-order valence-electron chi connectivity index (χ1n) is 6.00. The van der Waals surface area contributed by atoms with Gasteiger partial charge < -0.3 is 10.4 Å². The van der Waals surface area contributed by atoms with Gasteiger partial charge in [0.25, 0.3) is 0 Å². The molecule has 1 unspecified atom stereocenters. The van der Waals surface area contributed by atoms with Crippen LogP contribution in [0.3, 0.4) is 0 Å². The SMILES string of the molecule is CN1C(=O)CCC(NCc2cc(Br)ccc2O)C1=O. The fraction of sp³-hybridized carbons (Fsp3) is 0.385. The Bertz CT molecular complexity index is 519. The molecule has 5 nitrogen and oxygen atoms in total. The Hall–Kier alpha value is -1.40. The predicted molar refractivity (Wildman–Crippen MR) is 73.4 cm³/mol. The lowest BCUT2D eigenvalue weighted by molar-refractivity contribution is -0.148. The standard InChI is InChI=1S/C13H15BrN2O3/c1-16-12(18)5-3-10(13(16)19)15-7-8-6-9(14)2-4-11(8)17/h2,4,6,10,15,17H,3,5,7H2,1H3. The number of aromatic hydroxyl groups is 1. The van der Waals surface area contributed by atoms with Crippen LogP contribution in [0.4, 0.5) is 0 Å². The van der Waals surface area contributed by atoms with Crippen molar-refractivity contribution in [3.05, 3.63) is 28.2 Å². The summed E-state index contributed by atoms with van der Waals surface area (Å²) in [6, 6.07) is 4.77. The molecule has 1 aliphatic heterocycles. The number of rotatable bonds is 3. The van der Waals surface area contributed by atoms with Gasteiger partial charge in [-0.3, -0.25) is 14.5 Å². The van der Waals surface area contributed by atoms with Crippen LogP contribution in [0.1, 0.15) is 18.4 Å². The summed E-state index contributed by atoms with van der Waals surface area (Å²) in [5.74, 6) is -0.178. The average Bonchev–Trinajstić information content (AvgIpc) is 2.39. The molecule has 0 aromatic heterocycles. The second kappa shape index (κ2) is 5.71. The highest BCUT2D eigenvalue weighted by Gasteiger charge is 2.31. The van der Waals surface area contributed by atoms with E-state index < -0.39 is 0 Å². The van der Waals surface area contributed by atoms with Gasteiger partial charge in [0, 0.05) is 30.0 Å². The van der Waals surface area contributed by atoms with Crippen molar-refractivity contribution in [3.63, 3.8) is 0 Å². The van der Waals surface area contributed by atoms with Crippen LogP contribution >= 0.6 is 15.9 Å². The first-order valence-corrected chi connectivity index (χ1v) is 6.79. The lowest BCUT2D eigenvalue weighted by Crippen LogP contribution is -2.51. The molecular weight excluding hydrogens is 312 g/mol. The quantitative estimate of drug-likeness (QED) is 0.823. The molecular formula is C13H15BrN2O3. The third-order valence-corrected chi connectivity index (χ3v) is 3.72. The van der Waals surface area contributed by atoms with Crippen molar-refractivity contribution >= 4 is 27.7 Å². The zero-order valence-corrected chi connectivity index (χ0v) is 12.1. The number of nitrogens with one attached hydrogen (secondary N) is 1. The summed E-state index contributed by atoms with van der Waals surface area (Å²) in [6.07, 6.45) is 0.862. The van der Waals surface area contributed by atoms with Gasteiger partial charge in [0.15, 0.2) is 0 Å². The fourth-order valence-corrected chi connectivity index (χ4v) is 2.44. The van der Waals surface area contributed by atoms with Crippen molar-refractivity contribution in [2.45, 2.75) is 25.4 Å². The number of piperidine rings is 1. The highest BCUT2D eigenvalue weighted by molar-refractivity contribution is 9.10. The maximum Gasteiger partial charge on any atom is 0.246 e. The highest BCUT2D eigenvalue weighted by Crippen LogP contribution is 2.22. The number of carbonyl (C=O) groups is 2. The van der Waals surface area contributed by atoms with Crippen molar-refractivity contribution in [1.82, 2.24) is 10.2 Å². The van der Waals surface area contributed by atoms with Gasteiger partial charge in [-0.15, -0.1) is 0 Å². The van der Waals surface area contributed by atoms with E-state index in [1.54, 1.807) is 18.2 Å². The van der Waals surface area contributed by atoms with E-state index in [1.165, 1.54) is 7.05 Å². The van der Waals surface area contributed by atoms with Crippen LogP contribution < -0.4 is 5.32 Å². The lowest BCUT2D eigenvalue weighted by Gasteiger charge is -2.28. The van der Waals surface area contributed by atoms with Gasteiger partial charge >= 0.3 is 0 Å². The molecule has 0 radical (unpaired) electrons. The number of likely N-dealkylation sites (N-methyl/N-ethyl adjacent to an activating group) is 1. The Labute approximate surface area is 119 Å². The van der Waals surface area contributed by atoms with E-state index in [0.29, 0.717) is 24.9 Å². The summed E-state index contributed by atoms with van der Waals surface area (Å²) in [5.41, 5.74) is 0.710. The van der Waals surface area contributed by atoms with Crippen molar-refractivity contribution in [3.8, 4) is 5.75 Å². The Morgan fingerprint density at radius 2 is 2.21 bits per heavy atom. The molecule has 1 heterocycles. The number of amides is 2. The van der Waals surface area contributed by atoms with Gasteiger partial charge in [0.1, 0.15) is 5.75 Å². The smallest absolute Gasteiger partial charge is 0.246 e. The van der Waals surface area contributed by atoms with Crippen LogP contribution in [0.15, 0.2) is 22.7 Å². The lowest BCUT2D eigenvalue weighted by atomic mass is 10.0. The third-order valence-electron chi connectivity index (χ3n) is 3.23. The van der Waals surface area contributed by atoms with E-state index in [0.717, 1.165) is 9.37 Å². The second-order valence-corrected chi connectivity index (χ2v) is 5.45. The zero-order valence-electron chi connectivity index (χ0n) is 10.5. The van der Waals surface area contributed by atoms with E-state index in [2.05, 4.69) is 21.2 Å². The minimum Gasteiger partial charge on any atom is -0.508 e. The topological polar surface area (TPSA) is 69.6 Å². The number of phenols is 1. The molecule has 19 heavy (non-hydrogen) atoms. The van der Waals surface area contributed by atoms with Crippen molar-refractivity contribution < 1.29 is 14.7 Å². The Kier molecular flexibility index (Phi) is 4.21. The van der Waals surface area contributed by atoms with Gasteiger partial charge in [-0.25, -0.2) is 0 Å². The van der Waals surface area contributed by atoms with Gasteiger partial charge in [0.2, 0.25) is 11.8 Å². The molecule has 1 fully saturated rings. The fourth-order valence-electron chi connectivity index (χ4n) is 2.03. The molecule has 2 amide bonds. The maximum atomic E-state index is 11.9. The molecule has 6 heteroatoms. The second-order valence-electron chi connectivity index (χ2n) is 4.54. The van der Waals surface area contributed by atoms with E-state index in [1.807, 2.05) is 0 Å². The molecule has 2 rings (SSSR count). The highest BCUT2D eigenvalue weighted by atomic mass is 79.9. The van der Waals surface area contributed by atoms with Crippen molar-refractivity contribution in [2.75, 3.05) is 7.05 Å². The summed E-state index contributed by atoms with van der Waals surface area (Å²) in [7, 11) is 1.50. The van der Waals surface area contributed by atoms with E-state index in [9.17, 15) is 14.7 Å². The van der Waals surface area contributed by atoms with Gasteiger partial charge in [-0.2, -0.15) is 0 Å². The van der Waals surface area contributed by atoms with Crippen LogP contribution in [0.5, 0.6) is 5.75 Å². The molecule has 0 bridgehead atoms. The minimum absolute atomic E-state index is 0.145. The summed E-state index contributed by atoms with van der Waals surface area (Å²) in [4.78, 5) is 24.4. The zero-order chi connectivity index (χ0) is 14.0. The normalized spacial score (nSPS) is 19.9. The summed E-state index contributed by atoms with van der Waals surface area (Å²) in [5, 5.41) is 12.8. The van der Waals surface area contributed by atoms with E-state index in [-0.39, 0.29) is 23.6 Å². The molecule has 1 aromatic carbocycles. The Morgan fingerprint density at radius 1 is 1.47 bits per heavy atom. The Balaban J connectivity index is 2.01. The van der Waals surface area contributed by atoms with Crippen LogP contribution in [-0.4, -0.2) is 34.9 Å². The number of nitrogens with zero attached hydrogens (tertiary/aromatic N) is 1. The molecule has 1 aliphatic rings. The molecule has 1 atom stereocenters. The third kappa shape index (κ3) is 3.13. The van der Waals surface area contributed by atoms with Crippen LogP contribution in [0, 0.1) is 0 Å². The molecule has 2 N–H and O–H groups in total. The van der Waals surface area contributed by atoms with Crippen molar-refractivity contribution in [1.29, 1.82) is 0 Å². The van der Waals surface area contributed by atoms with Crippen molar-refractivity contribution in [2.24, 2.45) is 0 Å². The average molecular weight is 327 g/mol. The predicted octanol–water partition coefficient (Wildman–Crippen LogP) is 1.39. The molecule has 0 saturated carbocycles. The molecule has 102 valence electrons. The molecule has 1 aromatic rings. The number of imide groups is 1. The Morgan fingerprint density at radius 3 is 2.95 bits per heavy atom. The van der Waals surface area contributed by atoms with E-state index in [4.69, 9.17) is 0 Å². The van der Waals surface area contributed by atoms with Crippen LogP contribution in [0.2, 0.25) is 0 Å². The summed E-state index contributed by atoms with van der Waals surface area (Å²) >= 11 is 3.33. The summed E-state index contributed by atoms with van der Waals surface area (Å²) in [6.45, 7) is 0.379. The largest absolute Gasteiger partial charge is 0.508 e.